The number of fused-ring (bicyclic) bond motifs is 3. The molecule has 36 heavy (non-hydrogen) atoms. The van der Waals surface area contributed by atoms with Crippen LogP contribution >= 0.6 is 0 Å². The number of hydrogen-bond acceptors (Lipinski definition) is 6. The fraction of sp³-hybridized carbons (Fsp3) is 0.310. The van der Waals surface area contributed by atoms with E-state index in [0.717, 1.165) is 53.7 Å². The van der Waals surface area contributed by atoms with Gasteiger partial charge in [-0.1, -0.05) is 60.7 Å². The Hall–Kier alpha value is -3.84. The van der Waals surface area contributed by atoms with Crippen molar-refractivity contribution < 1.29 is 9.53 Å². The highest BCUT2D eigenvalue weighted by atomic mass is 16.5. The SMILES string of the molecule is CC1C(=O)NN=C2COc3cc(-c4ccccc4)c(N(C)C4(C)CN(Cc5ccccc5)C4)cc3N21. The van der Waals surface area contributed by atoms with Gasteiger partial charge >= 0.3 is 0 Å². The highest BCUT2D eigenvalue weighted by molar-refractivity contribution is 6.10. The molecule has 7 nitrogen and oxygen atoms in total. The van der Waals surface area contributed by atoms with E-state index in [2.05, 4.69) is 101 Å². The smallest absolute Gasteiger partial charge is 0.262 e. The highest BCUT2D eigenvalue weighted by Crippen LogP contribution is 2.46. The van der Waals surface area contributed by atoms with Crippen LogP contribution in [-0.4, -0.2) is 55.0 Å². The molecule has 1 amide bonds. The number of anilines is 2. The molecule has 1 unspecified atom stereocenters. The minimum Gasteiger partial charge on any atom is -0.483 e. The van der Waals surface area contributed by atoms with Crippen molar-refractivity contribution in [2.45, 2.75) is 32.0 Å². The zero-order valence-corrected chi connectivity index (χ0v) is 20.9. The van der Waals surface area contributed by atoms with Gasteiger partial charge < -0.3 is 14.5 Å². The Balaban J connectivity index is 1.37. The van der Waals surface area contributed by atoms with Gasteiger partial charge in [0.25, 0.3) is 5.91 Å². The molecule has 3 aromatic carbocycles. The van der Waals surface area contributed by atoms with Crippen molar-refractivity contribution in [1.82, 2.24) is 10.3 Å². The molecular weight excluding hydrogens is 450 g/mol. The first-order valence-electron chi connectivity index (χ1n) is 12.4. The van der Waals surface area contributed by atoms with Gasteiger partial charge in [-0.2, -0.15) is 5.10 Å². The van der Waals surface area contributed by atoms with E-state index < -0.39 is 0 Å². The Kier molecular flexibility index (Phi) is 5.45. The fourth-order valence-electron chi connectivity index (χ4n) is 5.56. The van der Waals surface area contributed by atoms with E-state index in [1.807, 2.05) is 17.9 Å². The second-order valence-corrected chi connectivity index (χ2v) is 10.2. The first-order valence-corrected chi connectivity index (χ1v) is 12.4. The van der Waals surface area contributed by atoms with E-state index in [-0.39, 0.29) is 17.5 Å². The van der Waals surface area contributed by atoms with Gasteiger partial charge in [-0.15, -0.1) is 0 Å². The van der Waals surface area contributed by atoms with Crippen molar-refractivity contribution >= 4 is 23.1 Å². The fourth-order valence-corrected chi connectivity index (χ4v) is 5.56. The molecule has 1 saturated heterocycles. The molecule has 3 heterocycles. The van der Waals surface area contributed by atoms with Crippen LogP contribution in [0.2, 0.25) is 0 Å². The number of amides is 1. The van der Waals surface area contributed by atoms with Crippen molar-refractivity contribution in [2.75, 3.05) is 36.5 Å². The summed E-state index contributed by atoms with van der Waals surface area (Å²) in [5.41, 5.74) is 8.18. The largest absolute Gasteiger partial charge is 0.483 e. The minimum atomic E-state index is -0.360. The summed E-state index contributed by atoms with van der Waals surface area (Å²) in [5.74, 6) is 1.38. The number of ether oxygens (including phenoxy) is 1. The lowest BCUT2D eigenvalue weighted by Gasteiger charge is -2.54. The number of rotatable bonds is 5. The molecule has 0 radical (unpaired) electrons. The number of likely N-dealkylation sites (N-methyl/N-ethyl adjacent to an activating group) is 1. The van der Waals surface area contributed by atoms with Crippen molar-refractivity contribution in [3.05, 3.63) is 78.4 Å². The topological polar surface area (TPSA) is 60.4 Å². The number of nitrogens with one attached hydrogen (secondary N) is 1. The predicted octanol–water partition coefficient (Wildman–Crippen LogP) is 4.09. The Morgan fingerprint density at radius 3 is 2.50 bits per heavy atom. The van der Waals surface area contributed by atoms with Crippen LogP contribution in [0.3, 0.4) is 0 Å². The zero-order valence-electron chi connectivity index (χ0n) is 20.9. The van der Waals surface area contributed by atoms with E-state index in [1.54, 1.807) is 0 Å². The van der Waals surface area contributed by atoms with Gasteiger partial charge in [-0.05, 0) is 37.1 Å². The van der Waals surface area contributed by atoms with Crippen LogP contribution in [0.1, 0.15) is 19.4 Å². The first kappa shape index (κ1) is 22.6. The third kappa shape index (κ3) is 3.80. The number of nitrogens with zero attached hydrogens (tertiary/aromatic N) is 4. The van der Waals surface area contributed by atoms with Crippen LogP contribution in [-0.2, 0) is 11.3 Å². The molecule has 7 heteroatoms. The number of carbonyl (C=O) groups excluding carboxylic acids is 1. The Morgan fingerprint density at radius 1 is 1.08 bits per heavy atom. The molecule has 3 aliphatic rings. The Labute approximate surface area is 212 Å². The number of amidine groups is 1. The third-order valence-electron chi connectivity index (χ3n) is 7.67. The molecule has 1 N–H and O–H groups in total. The number of hydrogen-bond donors (Lipinski definition) is 1. The lowest BCUT2D eigenvalue weighted by atomic mass is 9.88. The molecule has 0 aromatic heterocycles. The molecule has 184 valence electrons. The van der Waals surface area contributed by atoms with E-state index in [1.165, 1.54) is 5.56 Å². The van der Waals surface area contributed by atoms with Crippen LogP contribution < -0.4 is 20.0 Å². The van der Waals surface area contributed by atoms with Crippen molar-refractivity contribution in [1.29, 1.82) is 0 Å². The lowest BCUT2D eigenvalue weighted by Crippen LogP contribution is -2.67. The van der Waals surface area contributed by atoms with Crippen LogP contribution in [0, 0.1) is 0 Å². The average Bonchev–Trinajstić information content (AvgIpc) is 2.89. The maximum atomic E-state index is 12.5. The maximum absolute atomic E-state index is 12.5. The van der Waals surface area contributed by atoms with Gasteiger partial charge in [0, 0.05) is 37.9 Å². The average molecular weight is 482 g/mol. The normalized spacial score (nSPS) is 20.3. The summed E-state index contributed by atoms with van der Waals surface area (Å²) in [6, 6.07) is 25.0. The minimum absolute atomic E-state index is 0.0239. The molecule has 0 bridgehead atoms. The van der Waals surface area contributed by atoms with Crippen LogP contribution in [0.4, 0.5) is 11.4 Å². The first-order chi connectivity index (χ1) is 17.4. The zero-order chi connectivity index (χ0) is 24.9. The van der Waals surface area contributed by atoms with E-state index >= 15 is 0 Å². The van der Waals surface area contributed by atoms with Crippen molar-refractivity contribution in [2.24, 2.45) is 5.10 Å². The Bertz CT molecular complexity index is 1320. The summed E-state index contributed by atoms with van der Waals surface area (Å²) in [6.07, 6.45) is 0. The summed E-state index contributed by atoms with van der Waals surface area (Å²) in [5, 5.41) is 4.26. The molecule has 0 spiro atoms. The standard InChI is InChI=1S/C29H31N5O2/c1-20-28(35)31-30-27-17-36-26-14-23(22-12-8-5-9-13-22)24(15-25(26)34(20)27)32(3)29(2)18-33(19-29)16-21-10-6-4-7-11-21/h4-15,20H,16-19H2,1-3H3,(H,31,35). The summed E-state index contributed by atoms with van der Waals surface area (Å²) in [6.45, 7) is 7.44. The second-order valence-electron chi connectivity index (χ2n) is 10.2. The molecule has 3 aromatic rings. The quantitative estimate of drug-likeness (QED) is 0.595. The maximum Gasteiger partial charge on any atom is 0.262 e. The second kappa shape index (κ2) is 8.68. The number of carbonyl (C=O) groups is 1. The Morgan fingerprint density at radius 2 is 1.78 bits per heavy atom. The lowest BCUT2D eigenvalue weighted by molar-refractivity contribution is -0.122. The van der Waals surface area contributed by atoms with Crippen LogP contribution in [0.25, 0.3) is 11.1 Å². The molecule has 3 aliphatic heterocycles. The summed E-state index contributed by atoms with van der Waals surface area (Å²) in [4.78, 5) is 19.3. The number of likely N-dealkylation sites (tertiary alicyclic amines) is 1. The van der Waals surface area contributed by atoms with Gasteiger partial charge in [0.2, 0.25) is 0 Å². The monoisotopic (exact) mass is 481 g/mol. The molecule has 0 saturated carbocycles. The van der Waals surface area contributed by atoms with Crippen LogP contribution in [0.15, 0.2) is 77.9 Å². The number of hydrazone groups is 1. The van der Waals surface area contributed by atoms with E-state index in [4.69, 9.17) is 4.74 Å². The number of benzene rings is 3. The van der Waals surface area contributed by atoms with Crippen molar-refractivity contribution in [3.8, 4) is 16.9 Å². The molecule has 0 aliphatic carbocycles. The van der Waals surface area contributed by atoms with Gasteiger partial charge in [0.15, 0.2) is 5.84 Å². The van der Waals surface area contributed by atoms with Gasteiger partial charge in [0.1, 0.15) is 18.4 Å². The molecule has 1 fully saturated rings. The van der Waals surface area contributed by atoms with E-state index in [0.29, 0.717) is 6.61 Å². The van der Waals surface area contributed by atoms with Gasteiger partial charge in [-0.3, -0.25) is 9.69 Å². The third-order valence-corrected chi connectivity index (χ3v) is 7.67. The van der Waals surface area contributed by atoms with Crippen molar-refractivity contribution in [3.63, 3.8) is 0 Å². The summed E-state index contributed by atoms with van der Waals surface area (Å²) in [7, 11) is 2.18. The molecular formula is C29H31N5O2. The van der Waals surface area contributed by atoms with E-state index in [9.17, 15) is 4.79 Å². The predicted molar refractivity (Wildman–Crippen MR) is 143 cm³/mol. The van der Waals surface area contributed by atoms with Gasteiger partial charge in [-0.25, -0.2) is 5.43 Å². The summed E-state index contributed by atoms with van der Waals surface area (Å²) < 4.78 is 6.13. The molecule has 1 atom stereocenters. The van der Waals surface area contributed by atoms with Gasteiger partial charge in [0.05, 0.1) is 11.2 Å². The van der Waals surface area contributed by atoms with Crippen LogP contribution in [0.5, 0.6) is 5.75 Å². The highest BCUT2D eigenvalue weighted by Gasteiger charge is 2.43. The summed E-state index contributed by atoms with van der Waals surface area (Å²) >= 11 is 0. The molecule has 6 rings (SSSR count).